The Bertz CT molecular complexity index is 538. The molecule has 1 saturated carbocycles. The first-order chi connectivity index (χ1) is 9.72. The van der Waals surface area contributed by atoms with Crippen molar-refractivity contribution in [1.29, 1.82) is 0 Å². The molecule has 1 N–H and O–H groups in total. The second kappa shape index (κ2) is 5.49. The number of rotatable bonds is 4. The molecule has 4 nitrogen and oxygen atoms in total. The number of nitrogens with one attached hydrogen (secondary N) is 1. The van der Waals surface area contributed by atoms with E-state index in [1.54, 1.807) is 12.1 Å². The summed E-state index contributed by atoms with van der Waals surface area (Å²) < 4.78 is 5.13. The Hall–Kier alpha value is -2.10. The molecule has 2 bridgehead atoms. The zero-order valence-corrected chi connectivity index (χ0v) is 11.1. The molecule has 20 heavy (non-hydrogen) atoms. The zero-order chi connectivity index (χ0) is 13.9. The highest BCUT2D eigenvalue weighted by molar-refractivity contribution is 5.92. The number of carbonyl (C=O) groups is 2. The summed E-state index contributed by atoms with van der Waals surface area (Å²) in [5, 5.41) is 2.69. The Morgan fingerprint density at radius 1 is 1.15 bits per heavy atom. The molecule has 1 aromatic carbocycles. The lowest BCUT2D eigenvalue weighted by Crippen LogP contribution is -2.26. The smallest absolute Gasteiger partial charge is 0.310 e. The maximum Gasteiger partial charge on any atom is 0.310 e. The summed E-state index contributed by atoms with van der Waals surface area (Å²) in [6.07, 6.45) is 6.19. The molecule has 4 heteroatoms. The van der Waals surface area contributed by atoms with Crippen LogP contribution in [0, 0.1) is 17.8 Å². The van der Waals surface area contributed by atoms with Gasteiger partial charge >= 0.3 is 5.97 Å². The van der Waals surface area contributed by atoms with Crippen LogP contribution in [-0.4, -0.2) is 18.5 Å². The number of benzene rings is 1. The number of ether oxygens (including phenoxy) is 1. The van der Waals surface area contributed by atoms with Crippen molar-refractivity contribution in [3.05, 3.63) is 42.5 Å². The molecule has 0 unspecified atom stereocenters. The predicted octanol–water partition coefficient (Wildman–Crippen LogP) is 2.38. The summed E-state index contributed by atoms with van der Waals surface area (Å²) in [6, 6.07) is 9.13. The quantitative estimate of drug-likeness (QED) is 0.675. The van der Waals surface area contributed by atoms with Crippen LogP contribution in [0.15, 0.2) is 42.5 Å². The monoisotopic (exact) mass is 271 g/mol. The van der Waals surface area contributed by atoms with E-state index < -0.39 is 0 Å². The molecule has 104 valence electrons. The van der Waals surface area contributed by atoms with Gasteiger partial charge in [0.25, 0.3) is 5.91 Å². The number of hydrogen-bond donors (Lipinski definition) is 1. The van der Waals surface area contributed by atoms with Crippen molar-refractivity contribution in [2.75, 3.05) is 11.9 Å². The van der Waals surface area contributed by atoms with E-state index in [1.165, 1.54) is 0 Å². The molecule has 1 fully saturated rings. The van der Waals surface area contributed by atoms with Crippen LogP contribution in [0.25, 0.3) is 0 Å². The Morgan fingerprint density at radius 2 is 1.95 bits per heavy atom. The van der Waals surface area contributed by atoms with Crippen LogP contribution in [-0.2, 0) is 14.3 Å². The molecule has 0 saturated heterocycles. The first kappa shape index (κ1) is 12.9. The van der Waals surface area contributed by atoms with E-state index in [0.717, 1.165) is 12.8 Å². The van der Waals surface area contributed by atoms with Gasteiger partial charge in [0.05, 0.1) is 5.92 Å². The lowest BCUT2D eigenvalue weighted by molar-refractivity contribution is -0.152. The minimum atomic E-state index is -0.303. The largest absolute Gasteiger partial charge is 0.455 e. The van der Waals surface area contributed by atoms with Crippen molar-refractivity contribution in [2.24, 2.45) is 17.8 Å². The number of carbonyl (C=O) groups excluding carboxylic acids is 2. The van der Waals surface area contributed by atoms with Crippen molar-refractivity contribution in [3.63, 3.8) is 0 Å². The lowest BCUT2D eigenvalue weighted by Gasteiger charge is -2.16. The third kappa shape index (κ3) is 2.74. The van der Waals surface area contributed by atoms with Crippen LogP contribution in [0.1, 0.15) is 12.8 Å². The van der Waals surface area contributed by atoms with Crippen molar-refractivity contribution in [1.82, 2.24) is 0 Å². The average Bonchev–Trinajstić information content (AvgIpc) is 3.08. The molecule has 1 aromatic rings. The summed E-state index contributed by atoms with van der Waals surface area (Å²) >= 11 is 0. The minimum absolute atomic E-state index is 0.0606. The Balaban J connectivity index is 1.46. The van der Waals surface area contributed by atoms with Gasteiger partial charge in [-0.05, 0) is 36.8 Å². The van der Waals surface area contributed by atoms with Crippen LogP contribution in [0.5, 0.6) is 0 Å². The highest BCUT2D eigenvalue weighted by atomic mass is 16.5. The first-order valence-corrected chi connectivity index (χ1v) is 6.92. The molecular formula is C16H17NO3. The summed E-state index contributed by atoms with van der Waals surface area (Å²) in [7, 11) is 0. The third-order valence-electron chi connectivity index (χ3n) is 3.98. The topological polar surface area (TPSA) is 55.4 Å². The second-order valence-electron chi connectivity index (χ2n) is 5.41. The molecule has 3 rings (SSSR count). The lowest BCUT2D eigenvalue weighted by atomic mass is 9.94. The summed E-state index contributed by atoms with van der Waals surface area (Å²) in [6.45, 7) is -0.217. The van der Waals surface area contributed by atoms with E-state index in [2.05, 4.69) is 17.5 Å². The van der Waals surface area contributed by atoms with E-state index in [0.29, 0.717) is 17.5 Å². The number of fused-ring (bicyclic) bond motifs is 2. The van der Waals surface area contributed by atoms with Crippen molar-refractivity contribution >= 4 is 17.6 Å². The number of esters is 1. The SMILES string of the molecule is O=C(COC(=O)[C@H]1C[C@H]2C=C[C@H]1C2)Nc1ccccc1. The number of amides is 1. The van der Waals surface area contributed by atoms with Crippen LogP contribution in [0.3, 0.4) is 0 Å². The van der Waals surface area contributed by atoms with Crippen molar-refractivity contribution in [2.45, 2.75) is 12.8 Å². The van der Waals surface area contributed by atoms with Gasteiger partial charge in [0.15, 0.2) is 6.61 Å². The molecule has 0 spiro atoms. The van der Waals surface area contributed by atoms with E-state index in [9.17, 15) is 9.59 Å². The van der Waals surface area contributed by atoms with Gasteiger partial charge in [-0.15, -0.1) is 0 Å². The molecule has 1 amide bonds. The molecule has 0 heterocycles. The molecule has 3 atom stereocenters. The predicted molar refractivity (Wildman–Crippen MR) is 74.9 cm³/mol. The molecule has 0 aromatic heterocycles. The zero-order valence-electron chi connectivity index (χ0n) is 11.1. The van der Waals surface area contributed by atoms with Gasteiger partial charge < -0.3 is 10.1 Å². The number of allylic oxidation sites excluding steroid dienone is 2. The maximum absolute atomic E-state index is 12.0. The van der Waals surface area contributed by atoms with E-state index >= 15 is 0 Å². The molecule has 0 aliphatic heterocycles. The maximum atomic E-state index is 12.0. The van der Waals surface area contributed by atoms with Gasteiger partial charge in [-0.3, -0.25) is 9.59 Å². The van der Waals surface area contributed by atoms with E-state index in [1.807, 2.05) is 18.2 Å². The number of anilines is 1. The number of para-hydroxylation sites is 1. The van der Waals surface area contributed by atoms with E-state index in [4.69, 9.17) is 4.74 Å². The summed E-state index contributed by atoms with van der Waals surface area (Å²) in [5.74, 6) is 0.225. The average molecular weight is 271 g/mol. The van der Waals surface area contributed by atoms with Crippen molar-refractivity contribution in [3.8, 4) is 0 Å². The minimum Gasteiger partial charge on any atom is -0.455 e. The van der Waals surface area contributed by atoms with Gasteiger partial charge in [0, 0.05) is 5.69 Å². The molecule has 2 aliphatic carbocycles. The fourth-order valence-electron chi connectivity index (χ4n) is 3.01. The third-order valence-corrected chi connectivity index (χ3v) is 3.98. The van der Waals surface area contributed by atoms with Gasteiger partial charge in [0.1, 0.15) is 0 Å². The Kier molecular flexibility index (Phi) is 3.54. The fraction of sp³-hybridized carbons (Fsp3) is 0.375. The Morgan fingerprint density at radius 3 is 2.60 bits per heavy atom. The second-order valence-corrected chi connectivity index (χ2v) is 5.41. The van der Waals surface area contributed by atoms with Crippen LogP contribution in [0.4, 0.5) is 5.69 Å². The van der Waals surface area contributed by atoms with Gasteiger partial charge in [-0.2, -0.15) is 0 Å². The van der Waals surface area contributed by atoms with Gasteiger partial charge in [-0.25, -0.2) is 0 Å². The van der Waals surface area contributed by atoms with Gasteiger partial charge in [-0.1, -0.05) is 30.4 Å². The standard InChI is InChI=1S/C16H17NO3/c18-15(17-13-4-2-1-3-5-13)10-20-16(19)14-9-11-6-7-12(14)8-11/h1-7,11-12,14H,8-10H2,(H,17,18)/t11-,12-,14-/m0/s1. The number of hydrogen-bond acceptors (Lipinski definition) is 3. The van der Waals surface area contributed by atoms with E-state index in [-0.39, 0.29) is 24.4 Å². The van der Waals surface area contributed by atoms with Crippen LogP contribution in [0.2, 0.25) is 0 Å². The molecule has 2 aliphatic rings. The summed E-state index contributed by atoms with van der Waals surface area (Å²) in [4.78, 5) is 23.6. The van der Waals surface area contributed by atoms with Crippen LogP contribution < -0.4 is 5.32 Å². The highest BCUT2D eigenvalue weighted by Crippen LogP contribution is 2.43. The molecule has 0 radical (unpaired) electrons. The van der Waals surface area contributed by atoms with Crippen LogP contribution >= 0.6 is 0 Å². The normalized spacial score (nSPS) is 26.5. The highest BCUT2D eigenvalue weighted by Gasteiger charge is 2.40. The van der Waals surface area contributed by atoms with Gasteiger partial charge in [0.2, 0.25) is 0 Å². The first-order valence-electron chi connectivity index (χ1n) is 6.92. The van der Waals surface area contributed by atoms with Crippen molar-refractivity contribution < 1.29 is 14.3 Å². The molecular weight excluding hydrogens is 254 g/mol. The Labute approximate surface area is 117 Å². The summed E-state index contributed by atoms with van der Waals surface area (Å²) in [5.41, 5.74) is 0.705. The fourth-order valence-corrected chi connectivity index (χ4v) is 3.01.